The molecule has 0 amide bonds. The number of benzene rings is 1. The SMILES string of the molecule is Cc1cc(F)c(C(O)C(O)CBr)cc1[N+](=O)[O-]. The Kier molecular flexibility index (Phi) is 4.55. The monoisotopic (exact) mass is 307 g/mol. The first kappa shape index (κ1) is 14.0. The van der Waals surface area contributed by atoms with Crippen LogP contribution in [0.2, 0.25) is 0 Å². The average molecular weight is 308 g/mol. The molecule has 2 unspecified atom stereocenters. The molecule has 0 aromatic heterocycles. The molecular weight excluding hydrogens is 297 g/mol. The van der Waals surface area contributed by atoms with Gasteiger partial charge in [0.2, 0.25) is 0 Å². The van der Waals surface area contributed by atoms with Crippen molar-refractivity contribution in [1.29, 1.82) is 0 Å². The van der Waals surface area contributed by atoms with Crippen LogP contribution in [0.3, 0.4) is 0 Å². The Morgan fingerprint density at radius 2 is 2.12 bits per heavy atom. The lowest BCUT2D eigenvalue weighted by atomic mass is 10.0. The highest BCUT2D eigenvalue weighted by Gasteiger charge is 2.24. The van der Waals surface area contributed by atoms with Gasteiger partial charge in [-0.3, -0.25) is 10.1 Å². The van der Waals surface area contributed by atoms with Crippen LogP contribution in [-0.2, 0) is 0 Å². The van der Waals surface area contributed by atoms with Crippen LogP contribution in [0.5, 0.6) is 0 Å². The third-order valence-electron chi connectivity index (χ3n) is 2.35. The minimum absolute atomic E-state index is 0.0370. The van der Waals surface area contributed by atoms with Crippen molar-refractivity contribution in [1.82, 2.24) is 0 Å². The van der Waals surface area contributed by atoms with Gasteiger partial charge >= 0.3 is 0 Å². The molecule has 2 N–H and O–H groups in total. The smallest absolute Gasteiger partial charge is 0.272 e. The maximum Gasteiger partial charge on any atom is 0.272 e. The van der Waals surface area contributed by atoms with Gasteiger partial charge in [-0.25, -0.2) is 4.39 Å². The average Bonchev–Trinajstić information content (AvgIpc) is 2.26. The Hall–Kier alpha value is -1.05. The second-order valence-electron chi connectivity index (χ2n) is 3.58. The number of hydrogen-bond donors (Lipinski definition) is 2. The zero-order valence-electron chi connectivity index (χ0n) is 8.93. The van der Waals surface area contributed by atoms with Crippen molar-refractivity contribution in [2.45, 2.75) is 19.1 Å². The predicted molar refractivity (Wildman–Crippen MR) is 62.6 cm³/mol. The molecule has 0 aliphatic rings. The molecule has 0 spiro atoms. The summed E-state index contributed by atoms with van der Waals surface area (Å²) in [6.45, 7) is 1.40. The summed E-state index contributed by atoms with van der Waals surface area (Å²) in [7, 11) is 0. The fraction of sp³-hybridized carbons (Fsp3) is 0.400. The van der Waals surface area contributed by atoms with Gasteiger partial charge in [0.25, 0.3) is 5.69 Å². The molecule has 1 rings (SSSR count). The number of halogens is 2. The molecule has 0 aliphatic carbocycles. The van der Waals surface area contributed by atoms with E-state index in [1.165, 1.54) is 6.92 Å². The second-order valence-corrected chi connectivity index (χ2v) is 4.23. The van der Waals surface area contributed by atoms with Crippen molar-refractivity contribution < 1.29 is 19.5 Å². The first-order chi connectivity index (χ1) is 7.88. The van der Waals surface area contributed by atoms with E-state index in [4.69, 9.17) is 0 Å². The van der Waals surface area contributed by atoms with Gasteiger partial charge in [0.15, 0.2) is 0 Å². The number of nitro benzene ring substituents is 1. The largest absolute Gasteiger partial charge is 0.389 e. The molecule has 0 aliphatic heterocycles. The summed E-state index contributed by atoms with van der Waals surface area (Å²) in [4.78, 5) is 10.0. The van der Waals surface area contributed by atoms with E-state index >= 15 is 0 Å². The maximum atomic E-state index is 13.5. The molecule has 17 heavy (non-hydrogen) atoms. The molecule has 0 heterocycles. The lowest BCUT2D eigenvalue weighted by molar-refractivity contribution is -0.385. The van der Waals surface area contributed by atoms with Gasteiger partial charge in [0.1, 0.15) is 11.9 Å². The fourth-order valence-corrected chi connectivity index (χ4v) is 1.75. The van der Waals surface area contributed by atoms with E-state index < -0.39 is 22.9 Å². The minimum atomic E-state index is -1.51. The third kappa shape index (κ3) is 2.99. The van der Waals surface area contributed by atoms with E-state index in [1.807, 2.05) is 0 Å². The highest BCUT2D eigenvalue weighted by Crippen LogP contribution is 2.28. The van der Waals surface area contributed by atoms with Gasteiger partial charge in [0, 0.05) is 22.5 Å². The number of alkyl halides is 1. The van der Waals surface area contributed by atoms with Crippen molar-refractivity contribution in [3.8, 4) is 0 Å². The summed E-state index contributed by atoms with van der Waals surface area (Å²) in [6, 6.07) is 1.92. The van der Waals surface area contributed by atoms with Crippen LogP contribution < -0.4 is 0 Å². The first-order valence-corrected chi connectivity index (χ1v) is 5.87. The number of aliphatic hydroxyl groups excluding tert-OH is 2. The Morgan fingerprint density at radius 1 is 1.53 bits per heavy atom. The van der Waals surface area contributed by atoms with Crippen LogP contribution in [0, 0.1) is 22.9 Å². The normalized spacial score (nSPS) is 14.4. The van der Waals surface area contributed by atoms with E-state index in [-0.39, 0.29) is 22.1 Å². The summed E-state index contributed by atoms with van der Waals surface area (Å²) < 4.78 is 13.5. The van der Waals surface area contributed by atoms with Gasteiger partial charge in [0.05, 0.1) is 11.0 Å². The Labute approximate surface area is 105 Å². The van der Waals surface area contributed by atoms with Crippen molar-refractivity contribution in [2.75, 3.05) is 5.33 Å². The standard InChI is InChI=1S/C10H11BrFNO4/c1-5-2-7(12)6(3-8(5)13(16)17)10(15)9(14)4-11/h2-3,9-10,14-15H,4H2,1H3. The molecule has 0 radical (unpaired) electrons. The molecule has 0 bridgehead atoms. The van der Waals surface area contributed by atoms with Crippen molar-refractivity contribution in [3.63, 3.8) is 0 Å². The highest BCUT2D eigenvalue weighted by atomic mass is 79.9. The number of hydrogen-bond acceptors (Lipinski definition) is 4. The van der Waals surface area contributed by atoms with Crippen LogP contribution >= 0.6 is 15.9 Å². The Morgan fingerprint density at radius 3 is 2.59 bits per heavy atom. The van der Waals surface area contributed by atoms with Gasteiger partial charge in [-0.15, -0.1) is 0 Å². The minimum Gasteiger partial charge on any atom is -0.389 e. The van der Waals surface area contributed by atoms with Crippen LogP contribution in [0.15, 0.2) is 12.1 Å². The number of rotatable bonds is 4. The zero-order valence-corrected chi connectivity index (χ0v) is 10.5. The molecule has 7 heteroatoms. The number of aliphatic hydroxyl groups is 2. The van der Waals surface area contributed by atoms with Gasteiger partial charge in [-0.2, -0.15) is 0 Å². The van der Waals surface area contributed by atoms with Crippen molar-refractivity contribution >= 4 is 21.6 Å². The molecule has 94 valence electrons. The Bertz CT molecular complexity index is 441. The lowest BCUT2D eigenvalue weighted by Gasteiger charge is -2.16. The fourth-order valence-electron chi connectivity index (χ4n) is 1.39. The zero-order chi connectivity index (χ0) is 13.2. The molecule has 1 aromatic rings. The van der Waals surface area contributed by atoms with Crippen LogP contribution in [0.4, 0.5) is 10.1 Å². The molecule has 2 atom stereocenters. The predicted octanol–water partition coefficient (Wildman–Crippen LogP) is 1.83. The number of nitro groups is 1. The number of nitrogens with zero attached hydrogens (tertiary/aromatic N) is 1. The van der Waals surface area contributed by atoms with E-state index in [1.54, 1.807) is 0 Å². The molecule has 0 fully saturated rings. The van der Waals surface area contributed by atoms with Gasteiger partial charge < -0.3 is 10.2 Å². The van der Waals surface area contributed by atoms with E-state index in [9.17, 15) is 24.7 Å². The van der Waals surface area contributed by atoms with E-state index in [0.29, 0.717) is 0 Å². The summed E-state index contributed by atoms with van der Waals surface area (Å²) in [6.07, 6.45) is -2.74. The first-order valence-electron chi connectivity index (χ1n) is 4.75. The molecular formula is C10H11BrFNO4. The summed E-state index contributed by atoms with van der Waals surface area (Å²) in [5, 5.41) is 29.7. The molecule has 0 saturated heterocycles. The summed E-state index contributed by atoms with van der Waals surface area (Å²) in [5.74, 6) is -0.777. The molecule has 5 nitrogen and oxygen atoms in total. The summed E-state index contributed by atoms with van der Waals surface area (Å²) >= 11 is 2.93. The molecule has 1 aromatic carbocycles. The van der Waals surface area contributed by atoms with Gasteiger partial charge in [-0.05, 0) is 13.0 Å². The maximum absolute atomic E-state index is 13.5. The Balaban J connectivity index is 3.24. The lowest BCUT2D eigenvalue weighted by Crippen LogP contribution is -2.20. The van der Waals surface area contributed by atoms with E-state index in [2.05, 4.69) is 15.9 Å². The number of aryl methyl sites for hydroxylation is 1. The topological polar surface area (TPSA) is 83.6 Å². The highest BCUT2D eigenvalue weighted by molar-refractivity contribution is 9.09. The van der Waals surface area contributed by atoms with Crippen LogP contribution in [0.25, 0.3) is 0 Å². The molecule has 0 saturated carbocycles. The van der Waals surface area contributed by atoms with Crippen molar-refractivity contribution in [2.24, 2.45) is 0 Å². The van der Waals surface area contributed by atoms with Crippen LogP contribution in [0.1, 0.15) is 17.2 Å². The summed E-state index contributed by atoms with van der Waals surface area (Å²) in [5.41, 5.74) is -0.409. The van der Waals surface area contributed by atoms with Crippen LogP contribution in [-0.4, -0.2) is 26.6 Å². The van der Waals surface area contributed by atoms with Gasteiger partial charge in [-0.1, -0.05) is 15.9 Å². The quantitative estimate of drug-likeness (QED) is 0.505. The second kappa shape index (κ2) is 5.52. The van der Waals surface area contributed by atoms with E-state index in [0.717, 1.165) is 12.1 Å². The van der Waals surface area contributed by atoms with Crippen molar-refractivity contribution in [3.05, 3.63) is 39.2 Å². The third-order valence-corrected chi connectivity index (χ3v) is 3.02.